The average molecular weight is 389 g/mol. The molecule has 0 saturated carbocycles. The van der Waals surface area contributed by atoms with Gasteiger partial charge >= 0.3 is 5.97 Å². The minimum absolute atomic E-state index is 0.0334. The average Bonchev–Trinajstić information content (AvgIpc) is 3.02. The first-order valence-corrected chi connectivity index (χ1v) is 10.1. The fourth-order valence-corrected chi connectivity index (χ4v) is 5.06. The molecular weight excluding hydrogens is 368 g/mol. The van der Waals surface area contributed by atoms with Gasteiger partial charge < -0.3 is 9.84 Å². The Labute approximate surface area is 152 Å². The lowest BCUT2D eigenvalue weighted by Gasteiger charge is -2.24. The van der Waals surface area contributed by atoms with Crippen molar-refractivity contribution in [2.75, 3.05) is 39.5 Å². The van der Waals surface area contributed by atoms with Crippen molar-refractivity contribution in [1.82, 2.24) is 9.21 Å². The molecule has 2 aliphatic rings. The fourth-order valence-electron chi connectivity index (χ4n) is 3.87. The normalized spacial score (nSPS) is 27.4. The topological polar surface area (TPSA) is 87.2 Å². The van der Waals surface area contributed by atoms with Gasteiger partial charge in [-0.1, -0.05) is 17.7 Å². The third-order valence-electron chi connectivity index (χ3n) is 5.17. The number of methoxy groups -OCH3 is 1. The Bertz CT molecular complexity index is 800. The lowest BCUT2D eigenvalue weighted by molar-refractivity contribution is -0.148. The second-order valence-corrected chi connectivity index (χ2v) is 9.24. The summed E-state index contributed by atoms with van der Waals surface area (Å²) < 4.78 is 30.0. The van der Waals surface area contributed by atoms with Crippen molar-refractivity contribution in [2.45, 2.75) is 6.54 Å². The molecule has 3 rings (SSSR count). The molecule has 25 heavy (non-hydrogen) atoms. The minimum Gasteiger partial charge on any atom is -0.495 e. The van der Waals surface area contributed by atoms with E-state index in [4.69, 9.17) is 16.3 Å². The molecule has 9 heteroatoms. The number of hydrogen-bond donors (Lipinski definition) is 1. The number of sulfonamides is 1. The quantitative estimate of drug-likeness (QED) is 0.813. The van der Waals surface area contributed by atoms with E-state index in [1.165, 1.54) is 4.31 Å². The van der Waals surface area contributed by atoms with Crippen LogP contribution in [0.3, 0.4) is 0 Å². The van der Waals surface area contributed by atoms with Crippen LogP contribution in [0, 0.1) is 11.3 Å². The number of benzene rings is 1. The maximum Gasteiger partial charge on any atom is 0.312 e. The van der Waals surface area contributed by atoms with Crippen LogP contribution in [0.1, 0.15) is 5.56 Å². The van der Waals surface area contributed by atoms with Gasteiger partial charge in [0.15, 0.2) is 0 Å². The number of likely N-dealkylation sites (tertiary alicyclic amines) is 1. The number of carbonyl (C=O) groups is 1. The molecule has 0 aliphatic carbocycles. The van der Waals surface area contributed by atoms with Gasteiger partial charge in [-0.25, -0.2) is 12.7 Å². The minimum atomic E-state index is -3.39. The SMILES string of the molecule is COc1ccc(CN2C[C@@H]3CN(S(C)(=O)=O)C[C@]3(C(=O)O)C2)cc1Cl. The molecule has 0 unspecified atom stereocenters. The van der Waals surface area contributed by atoms with Crippen molar-refractivity contribution in [3.8, 4) is 5.75 Å². The maximum atomic E-state index is 11.9. The number of carboxylic acids is 1. The molecule has 0 bridgehead atoms. The summed E-state index contributed by atoms with van der Waals surface area (Å²) in [6.45, 7) is 1.72. The second-order valence-electron chi connectivity index (χ2n) is 6.85. The van der Waals surface area contributed by atoms with Crippen LogP contribution in [-0.4, -0.2) is 68.2 Å². The zero-order valence-electron chi connectivity index (χ0n) is 14.1. The first-order valence-electron chi connectivity index (χ1n) is 7.89. The lowest BCUT2D eigenvalue weighted by atomic mass is 9.81. The number of carboxylic acid groups (broad SMARTS) is 1. The molecule has 0 radical (unpaired) electrons. The monoisotopic (exact) mass is 388 g/mol. The van der Waals surface area contributed by atoms with E-state index in [9.17, 15) is 18.3 Å². The summed E-state index contributed by atoms with van der Waals surface area (Å²) in [4.78, 5) is 14.0. The van der Waals surface area contributed by atoms with E-state index < -0.39 is 21.4 Å². The van der Waals surface area contributed by atoms with Crippen molar-refractivity contribution in [1.29, 1.82) is 0 Å². The van der Waals surface area contributed by atoms with E-state index in [1.807, 2.05) is 12.1 Å². The number of halogens is 1. The first-order chi connectivity index (χ1) is 11.7. The third kappa shape index (κ3) is 3.36. The number of hydrogen-bond acceptors (Lipinski definition) is 5. The summed E-state index contributed by atoms with van der Waals surface area (Å²) in [7, 11) is -1.84. The van der Waals surface area contributed by atoms with E-state index in [0.29, 0.717) is 30.4 Å². The number of rotatable bonds is 5. The largest absolute Gasteiger partial charge is 0.495 e. The second kappa shape index (κ2) is 6.42. The highest BCUT2D eigenvalue weighted by atomic mass is 35.5. The molecule has 2 saturated heterocycles. The molecule has 0 amide bonds. The molecular formula is C16H21ClN2O5S. The van der Waals surface area contributed by atoms with E-state index in [1.54, 1.807) is 13.2 Å². The van der Waals surface area contributed by atoms with Crippen LogP contribution in [0.5, 0.6) is 5.75 Å². The third-order valence-corrected chi connectivity index (χ3v) is 6.68. The van der Waals surface area contributed by atoms with Gasteiger partial charge in [-0.15, -0.1) is 0 Å². The molecule has 2 heterocycles. The van der Waals surface area contributed by atoms with E-state index in [2.05, 4.69) is 4.90 Å². The molecule has 1 aromatic rings. The summed E-state index contributed by atoms with van der Waals surface area (Å²) in [5.74, 6) is -0.554. The molecule has 0 aromatic heterocycles. The highest BCUT2D eigenvalue weighted by molar-refractivity contribution is 7.88. The molecule has 2 fully saturated rings. The van der Waals surface area contributed by atoms with Crippen LogP contribution in [0.25, 0.3) is 0 Å². The molecule has 138 valence electrons. The highest BCUT2D eigenvalue weighted by Crippen LogP contribution is 2.44. The van der Waals surface area contributed by atoms with Crippen LogP contribution < -0.4 is 4.74 Å². The van der Waals surface area contributed by atoms with Gasteiger partial charge in [0.05, 0.1) is 23.8 Å². The number of ether oxygens (including phenoxy) is 1. The van der Waals surface area contributed by atoms with Crippen molar-refractivity contribution < 1.29 is 23.1 Å². The van der Waals surface area contributed by atoms with Gasteiger partial charge in [0.2, 0.25) is 10.0 Å². The van der Waals surface area contributed by atoms with Crippen LogP contribution in [0.15, 0.2) is 18.2 Å². The summed E-state index contributed by atoms with van der Waals surface area (Å²) in [5.41, 5.74) is -0.0782. The van der Waals surface area contributed by atoms with Gasteiger partial charge in [0.1, 0.15) is 5.75 Å². The first kappa shape index (κ1) is 18.4. The zero-order valence-corrected chi connectivity index (χ0v) is 15.7. The zero-order chi connectivity index (χ0) is 18.4. The molecule has 7 nitrogen and oxygen atoms in total. The van der Waals surface area contributed by atoms with Gasteiger partial charge in [-0.05, 0) is 17.7 Å². The van der Waals surface area contributed by atoms with Gasteiger partial charge in [-0.3, -0.25) is 9.69 Å². The predicted molar refractivity (Wildman–Crippen MR) is 93.3 cm³/mol. The lowest BCUT2D eigenvalue weighted by Crippen LogP contribution is -2.41. The Balaban J connectivity index is 1.76. The number of fused-ring (bicyclic) bond motifs is 1. The predicted octanol–water partition coefficient (Wildman–Crippen LogP) is 1.13. The van der Waals surface area contributed by atoms with Crippen molar-refractivity contribution in [3.63, 3.8) is 0 Å². The van der Waals surface area contributed by atoms with Gasteiger partial charge in [0, 0.05) is 38.6 Å². The van der Waals surface area contributed by atoms with E-state index >= 15 is 0 Å². The van der Waals surface area contributed by atoms with Crippen molar-refractivity contribution in [2.24, 2.45) is 11.3 Å². The molecule has 2 aliphatic heterocycles. The van der Waals surface area contributed by atoms with Crippen molar-refractivity contribution in [3.05, 3.63) is 28.8 Å². The molecule has 2 atom stereocenters. The Hall–Kier alpha value is -1.35. The van der Waals surface area contributed by atoms with Gasteiger partial charge in [0.25, 0.3) is 0 Å². The van der Waals surface area contributed by atoms with Crippen LogP contribution in [-0.2, 0) is 21.4 Å². The Morgan fingerprint density at radius 1 is 1.40 bits per heavy atom. The van der Waals surface area contributed by atoms with E-state index in [0.717, 1.165) is 11.8 Å². The Kier molecular flexibility index (Phi) is 4.74. The fraction of sp³-hybridized carbons (Fsp3) is 0.562. The molecule has 0 spiro atoms. The Morgan fingerprint density at radius 3 is 2.64 bits per heavy atom. The Morgan fingerprint density at radius 2 is 2.12 bits per heavy atom. The highest BCUT2D eigenvalue weighted by Gasteiger charge is 2.59. The number of aliphatic carboxylic acids is 1. The van der Waals surface area contributed by atoms with Crippen molar-refractivity contribution >= 4 is 27.6 Å². The van der Waals surface area contributed by atoms with Crippen LogP contribution in [0.2, 0.25) is 5.02 Å². The standard InChI is InChI=1S/C16H21ClN2O5S/c1-24-14-4-3-11(5-13(14)17)6-18-7-12-8-19(25(2,22)23)10-16(12,9-18)15(20)21/h3-5,12H,6-10H2,1-2H3,(H,20,21)/t12-,16-/m1/s1. The van der Waals surface area contributed by atoms with Gasteiger partial charge in [-0.2, -0.15) is 0 Å². The summed E-state index contributed by atoms with van der Waals surface area (Å²) in [6.07, 6.45) is 1.13. The smallest absolute Gasteiger partial charge is 0.312 e. The summed E-state index contributed by atoms with van der Waals surface area (Å²) in [5, 5.41) is 10.3. The summed E-state index contributed by atoms with van der Waals surface area (Å²) >= 11 is 6.15. The van der Waals surface area contributed by atoms with E-state index in [-0.39, 0.29) is 19.0 Å². The molecule has 1 aromatic carbocycles. The summed E-state index contributed by atoms with van der Waals surface area (Å²) in [6, 6.07) is 5.49. The van der Waals surface area contributed by atoms with Crippen LogP contribution in [0.4, 0.5) is 0 Å². The maximum absolute atomic E-state index is 11.9. The van der Waals surface area contributed by atoms with Crippen LogP contribution >= 0.6 is 11.6 Å². The molecule has 1 N–H and O–H groups in total. The number of nitrogens with zero attached hydrogens (tertiary/aromatic N) is 2.